The van der Waals surface area contributed by atoms with E-state index < -0.39 is 23.8 Å². The van der Waals surface area contributed by atoms with Gasteiger partial charge < -0.3 is 25.8 Å². The summed E-state index contributed by atoms with van der Waals surface area (Å²) in [6.45, 7) is 1.41. The van der Waals surface area contributed by atoms with Crippen molar-refractivity contribution in [2.24, 2.45) is 0 Å². The van der Waals surface area contributed by atoms with Gasteiger partial charge in [0.2, 0.25) is 5.91 Å². The number of anilines is 1. The molecule has 0 saturated heterocycles. The molecule has 0 aliphatic rings. The molecule has 3 aromatic rings. The highest BCUT2D eigenvalue weighted by Gasteiger charge is 2.25. The molecule has 0 bridgehead atoms. The second kappa shape index (κ2) is 11.7. The van der Waals surface area contributed by atoms with E-state index in [-0.39, 0.29) is 34.6 Å². The summed E-state index contributed by atoms with van der Waals surface area (Å²) in [5.74, 6) is -2.04. The van der Waals surface area contributed by atoms with Gasteiger partial charge in [0.05, 0.1) is 19.2 Å². The molecule has 0 aliphatic heterocycles. The van der Waals surface area contributed by atoms with Gasteiger partial charge in [-0.3, -0.25) is 14.4 Å². The molecule has 1 atom stereocenters. The number of thiazole rings is 1. The Morgan fingerprint density at radius 3 is 2.49 bits per heavy atom. The second-order valence-corrected chi connectivity index (χ2v) is 8.45. The van der Waals surface area contributed by atoms with Gasteiger partial charge in [0.15, 0.2) is 5.13 Å². The number of aryl methyl sites for hydroxylation is 1. The summed E-state index contributed by atoms with van der Waals surface area (Å²) >= 11 is 0.948. The van der Waals surface area contributed by atoms with Crippen LogP contribution in [0.4, 0.5) is 5.13 Å². The number of benzene rings is 2. The third kappa shape index (κ3) is 7.11. The summed E-state index contributed by atoms with van der Waals surface area (Å²) in [5.41, 5.74) is 1.39. The highest BCUT2D eigenvalue weighted by Crippen LogP contribution is 2.23. The predicted molar refractivity (Wildman–Crippen MR) is 129 cm³/mol. The number of aromatic hydroxyl groups is 1. The Balaban J connectivity index is 1.62. The zero-order valence-electron chi connectivity index (χ0n) is 19.0. The predicted octanol–water partition coefficient (Wildman–Crippen LogP) is 2.04. The zero-order chi connectivity index (χ0) is 25.4. The van der Waals surface area contributed by atoms with Crippen molar-refractivity contribution < 1.29 is 29.0 Å². The highest BCUT2D eigenvalue weighted by molar-refractivity contribution is 7.17. The van der Waals surface area contributed by atoms with Crippen molar-refractivity contribution in [2.45, 2.75) is 19.4 Å². The second-order valence-electron chi connectivity index (χ2n) is 7.45. The monoisotopic (exact) mass is 496 g/mol. The number of carbonyl (C=O) groups excluding carboxylic acids is 4. The normalized spacial score (nSPS) is 11.3. The SMILES string of the molecule is COC(=O)[C@H](CNC(=O)c1ccccc1)NC(=O)c1sc(NC(=O)Cc2cccc(O)c2)nc1C. The van der Waals surface area contributed by atoms with E-state index >= 15 is 0 Å². The molecule has 1 aromatic heterocycles. The first-order chi connectivity index (χ1) is 16.8. The molecule has 182 valence electrons. The number of nitrogens with zero attached hydrogens (tertiary/aromatic N) is 1. The topological polar surface area (TPSA) is 147 Å². The van der Waals surface area contributed by atoms with E-state index in [2.05, 4.69) is 20.9 Å². The summed E-state index contributed by atoms with van der Waals surface area (Å²) in [5, 5.41) is 17.5. The molecule has 11 heteroatoms. The van der Waals surface area contributed by atoms with Crippen LogP contribution in [0.3, 0.4) is 0 Å². The van der Waals surface area contributed by atoms with E-state index in [4.69, 9.17) is 4.74 Å². The highest BCUT2D eigenvalue weighted by atomic mass is 32.1. The van der Waals surface area contributed by atoms with Crippen LogP contribution in [-0.4, -0.2) is 53.5 Å². The minimum atomic E-state index is -1.13. The first-order valence-electron chi connectivity index (χ1n) is 10.5. The summed E-state index contributed by atoms with van der Waals surface area (Å²) in [6, 6.07) is 13.6. The molecule has 2 aromatic carbocycles. The van der Waals surface area contributed by atoms with Gasteiger partial charge in [-0.2, -0.15) is 0 Å². The Hall–Kier alpha value is -4.25. The van der Waals surface area contributed by atoms with Crippen molar-refractivity contribution in [2.75, 3.05) is 19.0 Å². The van der Waals surface area contributed by atoms with E-state index in [1.165, 1.54) is 19.2 Å². The van der Waals surface area contributed by atoms with Crippen molar-refractivity contribution in [3.8, 4) is 5.75 Å². The Bertz CT molecular complexity index is 1230. The van der Waals surface area contributed by atoms with Gasteiger partial charge in [-0.25, -0.2) is 9.78 Å². The van der Waals surface area contributed by atoms with Crippen LogP contribution < -0.4 is 16.0 Å². The van der Waals surface area contributed by atoms with Crippen LogP contribution in [0.25, 0.3) is 0 Å². The number of carbonyl (C=O) groups is 4. The molecule has 0 spiro atoms. The van der Waals surface area contributed by atoms with Gasteiger partial charge >= 0.3 is 5.97 Å². The molecule has 4 N–H and O–H groups in total. The number of phenolic OH excluding ortho intramolecular Hbond substituents is 1. The summed E-state index contributed by atoms with van der Waals surface area (Å²) in [6.07, 6.45) is 0.0140. The largest absolute Gasteiger partial charge is 0.508 e. The van der Waals surface area contributed by atoms with Gasteiger partial charge in [-0.1, -0.05) is 41.7 Å². The van der Waals surface area contributed by atoms with Crippen molar-refractivity contribution in [3.63, 3.8) is 0 Å². The molecule has 0 unspecified atom stereocenters. The maximum Gasteiger partial charge on any atom is 0.330 e. The van der Waals surface area contributed by atoms with Crippen LogP contribution in [0.5, 0.6) is 5.75 Å². The number of hydrogen-bond donors (Lipinski definition) is 4. The van der Waals surface area contributed by atoms with Crippen LogP contribution >= 0.6 is 11.3 Å². The van der Waals surface area contributed by atoms with Crippen LogP contribution in [-0.2, 0) is 20.7 Å². The Labute approximate surface area is 205 Å². The number of methoxy groups -OCH3 is 1. The quantitative estimate of drug-likeness (QED) is 0.332. The van der Waals surface area contributed by atoms with E-state index in [0.717, 1.165) is 11.3 Å². The average molecular weight is 497 g/mol. The fraction of sp³-hybridized carbons (Fsp3) is 0.208. The molecule has 10 nitrogen and oxygen atoms in total. The van der Waals surface area contributed by atoms with Crippen molar-refractivity contribution in [1.29, 1.82) is 0 Å². The third-order valence-electron chi connectivity index (χ3n) is 4.82. The summed E-state index contributed by atoms with van der Waals surface area (Å²) in [4.78, 5) is 54.0. The van der Waals surface area contributed by atoms with Gasteiger partial charge in [-0.05, 0) is 36.8 Å². The molecular weight excluding hydrogens is 472 g/mol. The van der Waals surface area contributed by atoms with Crippen molar-refractivity contribution in [3.05, 3.63) is 76.3 Å². The van der Waals surface area contributed by atoms with Gasteiger partial charge in [0.25, 0.3) is 11.8 Å². The number of aromatic nitrogens is 1. The van der Waals surface area contributed by atoms with E-state index in [0.29, 0.717) is 16.8 Å². The van der Waals surface area contributed by atoms with Gasteiger partial charge in [-0.15, -0.1) is 0 Å². The minimum absolute atomic E-state index is 0.0140. The Kier molecular flexibility index (Phi) is 8.52. The lowest BCUT2D eigenvalue weighted by Crippen LogP contribution is -2.49. The lowest BCUT2D eigenvalue weighted by atomic mass is 10.1. The summed E-state index contributed by atoms with van der Waals surface area (Å²) in [7, 11) is 1.18. The first kappa shape index (κ1) is 25.4. The number of hydrogen-bond acceptors (Lipinski definition) is 8. The van der Waals surface area contributed by atoms with Crippen molar-refractivity contribution in [1.82, 2.24) is 15.6 Å². The van der Waals surface area contributed by atoms with Crippen LogP contribution in [0.15, 0.2) is 54.6 Å². The molecule has 3 rings (SSSR count). The third-order valence-corrected chi connectivity index (χ3v) is 5.89. The summed E-state index contributed by atoms with van der Waals surface area (Å²) < 4.78 is 4.75. The van der Waals surface area contributed by atoms with E-state index in [9.17, 15) is 24.3 Å². The van der Waals surface area contributed by atoms with Crippen LogP contribution in [0.2, 0.25) is 0 Å². The standard InChI is InChI=1S/C24H24N4O6S/c1-14-20(35-24(26-14)28-19(30)12-15-7-6-10-17(29)11-15)22(32)27-18(23(33)34-2)13-25-21(31)16-8-4-3-5-9-16/h3-11,18,29H,12-13H2,1-2H3,(H,25,31)(H,27,32)(H,26,28,30)/t18-/m0/s1. The Morgan fingerprint density at radius 2 is 1.80 bits per heavy atom. The van der Waals surface area contributed by atoms with Gasteiger partial charge in [0.1, 0.15) is 16.7 Å². The van der Waals surface area contributed by atoms with Crippen LogP contribution in [0, 0.1) is 6.92 Å². The lowest BCUT2D eigenvalue weighted by molar-refractivity contribution is -0.142. The average Bonchev–Trinajstić information content (AvgIpc) is 3.21. The van der Waals surface area contributed by atoms with E-state index in [1.807, 2.05) is 0 Å². The molecule has 0 fully saturated rings. The van der Waals surface area contributed by atoms with Crippen molar-refractivity contribution >= 4 is 40.2 Å². The lowest BCUT2D eigenvalue weighted by Gasteiger charge is -2.17. The maximum absolute atomic E-state index is 12.8. The molecule has 1 heterocycles. The molecule has 35 heavy (non-hydrogen) atoms. The molecule has 0 aliphatic carbocycles. The first-order valence-corrected chi connectivity index (χ1v) is 11.4. The minimum Gasteiger partial charge on any atom is -0.508 e. The number of nitrogens with one attached hydrogen (secondary N) is 3. The number of esters is 1. The smallest absolute Gasteiger partial charge is 0.330 e. The van der Waals surface area contributed by atoms with E-state index in [1.54, 1.807) is 49.4 Å². The molecule has 3 amide bonds. The Morgan fingerprint density at radius 1 is 1.06 bits per heavy atom. The maximum atomic E-state index is 12.8. The fourth-order valence-electron chi connectivity index (χ4n) is 3.12. The number of amides is 3. The fourth-order valence-corrected chi connectivity index (χ4v) is 4.01. The number of rotatable bonds is 9. The zero-order valence-corrected chi connectivity index (χ0v) is 19.8. The molecule has 0 radical (unpaired) electrons. The molecular formula is C24H24N4O6S. The number of ether oxygens (including phenoxy) is 1. The molecule has 0 saturated carbocycles. The number of phenols is 1. The van der Waals surface area contributed by atoms with Crippen LogP contribution in [0.1, 0.15) is 31.3 Å². The van der Waals surface area contributed by atoms with Gasteiger partial charge in [0, 0.05) is 12.1 Å².